The lowest BCUT2D eigenvalue weighted by Crippen LogP contribution is -2.29. The number of amides is 1. The van der Waals surface area contributed by atoms with E-state index in [2.05, 4.69) is 15.0 Å². The molecule has 0 spiro atoms. The van der Waals surface area contributed by atoms with Gasteiger partial charge in [0, 0.05) is 18.5 Å². The van der Waals surface area contributed by atoms with Crippen LogP contribution in [0.25, 0.3) is 0 Å². The van der Waals surface area contributed by atoms with Crippen LogP contribution < -0.4 is 5.32 Å². The lowest BCUT2D eigenvalue weighted by Gasteiger charge is -2.19. The van der Waals surface area contributed by atoms with Gasteiger partial charge in [0.05, 0.1) is 6.10 Å². The van der Waals surface area contributed by atoms with Gasteiger partial charge in [-0.15, -0.1) is 0 Å². The highest BCUT2D eigenvalue weighted by atomic mass is 16.5. The van der Waals surface area contributed by atoms with Crippen molar-refractivity contribution in [2.75, 3.05) is 6.54 Å². The first-order chi connectivity index (χ1) is 9.66. The Morgan fingerprint density at radius 1 is 1.35 bits per heavy atom. The van der Waals surface area contributed by atoms with Crippen molar-refractivity contribution in [3.05, 3.63) is 53.9 Å². The van der Waals surface area contributed by atoms with E-state index in [1.54, 1.807) is 6.92 Å². The molecular weight excluding hydrogens is 256 g/mol. The molecule has 2 aromatic rings. The highest BCUT2D eigenvalue weighted by Gasteiger charge is 2.16. The van der Waals surface area contributed by atoms with E-state index >= 15 is 0 Å². The summed E-state index contributed by atoms with van der Waals surface area (Å²) in [6.07, 6.45) is 1.52. The highest BCUT2D eigenvalue weighted by Crippen LogP contribution is 2.20. The molecule has 2 rings (SSSR count). The van der Waals surface area contributed by atoms with Crippen LogP contribution in [0.5, 0.6) is 0 Å². The fourth-order valence-electron chi connectivity index (χ4n) is 2.11. The van der Waals surface area contributed by atoms with Crippen molar-refractivity contribution in [3.63, 3.8) is 0 Å². The zero-order chi connectivity index (χ0) is 14.4. The number of rotatable bonds is 6. The van der Waals surface area contributed by atoms with Crippen molar-refractivity contribution in [1.29, 1.82) is 0 Å². The van der Waals surface area contributed by atoms with Crippen LogP contribution in [0.1, 0.15) is 35.3 Å². The summed E-state index contributed by atoms with van der Waals surface area (Å²) in [6, 6.07) is 11.3. The molecule has 1 aromatic carbocycles. The molecule has 0 aliphatic carbocycles. The SMILES string of the molecule is C[C@H](O)C[C@H](CNC(=O)c1ccon1)c1ccccc1. The van der Waals surface area contributed by atoms with Crippen LogP contribution in [0.2, 0.25) is 0 Å². The Hall–Kier alpha value is -2.14. The summed E-state index contributed by atoms with van der Waals surface area (Å²) in [5, 5.41) is 16.0. The number of aliphatic hydroxyl groups excluding tert-OH is 1. The van der Waals surface area contributed by atoms with E-state index in [-0.39, 0.29) is 17.5 Å². The Bertz CT molecular complexity index is 523. The van der Waals surface area contributed by atoms with Crippen LogP contribution in [0.4, 0.5) is 0 Å². The predicted octanol–water partition coefficient (Wildman–Crippen LogP) is 1.96. The molecule has 1 amide bonds. The summed E-state index contributed by atoms with van der Waals surface area (Å²) >= 11 is 0. The molecule has 5 heteroatoms. The summed E-state index contributed by atoms with van der Waals surface area (Å²) in [5.41, 5.74) is 1.35. The second kappa shape index (κ2) is 6.86. The maximum absolute atomic E-state index is 11.8. The predicted molar refractivity (Wildman–Crippen MR) is 74.3 cm³/mol. The average Bonchev–Trinajstić information content (AvgIpc) is 2.98. The Kier molecular flexibility index (Phi) is 4.90. The Labute approximate surface area is 117 Å². The molecule has 2 atom stereocenters. The molecule has 5 nitrogen and oxygen atoms in total. The second-order valence-electron chi connectivity index (χ2n) is 4.79. The summed E-state index contributed by atoms with van der Waals surface area (Å²) in [4.78, 5) is 11.8. The van der Waals surface area contributed by atoms with Crippen LogP contribution in [0.15, 0.2) is 47.2 Å². The number of carbonyl (C=O) groups is 1. The van der Waals surface area contributed by atoms with Gasteiger partial charge in [0.2, 0.25) is 0 Å². The molecule has 106 valence electrons. The van der Waals surface area contributed by atoms with Gasteiger partial charge in [0.15, 0.2) is 5.69 Å². The van der Waals surface area contributed by atoms with Crippen LogP contribution >= 0.6 is 0 Å². The minimum absolute atomic E-state index is 0.0621. The van der Waals surface area contributed by atoms with Crippen LogP contribution in [0, 0.1) is 0 Å². The number of benzene rings is 1. The summed E-state index contributed by atoms with van der Waals surface area (Å²) < 4.78 is 4.64. The molecule has 20 heavy (non-hydrogen) atoms. The lowest BCUT2D eigenvalue weighted by atomic mass is 9.93. The summed E-state index contributed by atoms with van der Waals surface area (Å²) in [6.45, 7) is 2.19. The summed E-state index contributed by atoms with van der Waals surface area (Å²) in [5.74, 6) is -0.211. The van der Waals surface area contributed by atoms with E-state index in [1.807, 2.05) is 30.3 Å². The van der Waals surface area contributed by atoms with Crippen molar-refractivity contribution < 1.29 is 14.4 Å². The summed E-state index contributed by atoms with van der Waals surface area (Å²) in [7, 11) is 0. The maximum Gasteiger partial charge on any atom is 0.273 e. The Morgan fingerprint density at radius 2 is 2.10 bits per heavy atom. The average molecular weight is 274 g/mol. The second-order valence-corrected chi connectivity index (χ2v) is 4.79. The fourth-order valence-corrected chi connectivity index (χ4v) is 2.11. The monoisotopic (exact) mass is 274 g/mol. The molecule has 0 bridgehead atoms. The van der Waals surface area contributed by atoms with Crippen LogP contribution in [0.3, 0.4) is 0 Å². The van der Waals surface area contributed by atoms with E-state index in [0.717, 1.165) is 5.56 Å². The minimum Gasteiger partial charge on any atom is -0.393 e. The van der Waals surface area contributed by atoms with Crippen molar-refractivity contribution in [3.8, 4) is 0 Å². The molecule has 0 aliphatic rings. The standard InChI is InChI=1S/C15H18N2O3/c1-11(18)9-13(12-5-3-2-4-6-12)10-16-15(19)14-7-8-20-17-14/h2-8,11,13,18H,9-10H2,1H3,(H,16,19)/t11-,13+/m0/s1. The Balaban J connectivity index is 2.00. The zero-order valence-corrected chi connectivity index (χ0v) is 11.3. The number of carbonyl (C=O) groups excluding carboxylic acids is 1. The third-order valence-corrected chi connectivity index (χ3v) is 3.08. The lowest BCUT2D eigenvalue weighted by molar-refractivity contribution is 0.0936. The first-order valence-electron chi connectivity index (χ1n) is 6.58. The highest BCUT2D eigenvalue weighted by molar-refractivity contribution is 5.91. The molecular formula is C15H18N2O3. The van der Waals surface area contributed by atoms with Gasteiger partial charge in [-0.1, -0.05) is 35.5 Å². The molecule has 0 unspecified atom stereocenters. The fraction of sp³-hybridized carbons (Fsp3) is 0.333. The number of nitrogens with one attached hydrogen (secondary N) is 1. The maximum atomic E-state index is 11.8. The smallest absolute Gasteiger partial charge is 0.273 e. The first-order valence-corrected chi connectivity index (χ1v) is 6.58. The van der Waals surface area contributed by atoms with Crippen molar-refractivity contribution in [2.45, 2.75) is 25.4 Å². The van der Waals surface area contributed by atoms with Crippen LogP contribution in [-0.4, -0.2) is 28.8 Å². The number of nitrogens with zero attached hydrogens (tertiary/aromatic N) is 1. The topological polar surface area (TPSA) is 75.4 Å². The minimum atomic E-state index is -0.427. The van der Waals surface area contributed by atoms with Gasteiger partial charge in [0.1, 0.15) is 6.26 Å². The zero-order valence-electron chi connectivity index (χ0n) is 11.3. The van der Waals surface area contributed by atoms with Gasteiger partial charge in [-0.3, -0.25) is 4.79 Å². The van der Waals surface area contributed by atoms with Crippen molar-refractivity contribution in [2.24, 2.45) is 0 Å². The molecule has 0 aliphatic heterocycles. The largest absolute Gasteiger partial charge is 0.393 e. The van der Waals surface area contributed by atoms with E-state index < -0.39 is 6.10 Å². The van der Waals surface area contributed by atoms with E-state index in [0.29, 0.717) is 13.0 Å². The van der Waals surface area contributed by atoms with Crippen LogP contribution in [-0.2, 0) is 0 Å². The molecule has 0 fully saturated rings. The molecule has 2 N–H and O–H groups in total. The molecule has 0 saturated heterocycles. The third kappa shape index (κ3) is 3.93. The first kappa shape index (κ1) is 14.3. The van der Waals surface area contributed by atoms with E-state index in [4.69, 9.17) is 0 Å². The van der Waals surface area contributed by atoms with Gasteiger partial charge < -0.3 is 14.9 Å². The molecule has 0 saturated carbocycles. The number of aliphatic hydroxyl groups is 1. The number of hydrogen-bond acceptors (Lipinski definition) is 4. The van der Waals surface area contributed by atoms with Gasteiger partial charge in [-0.25, -0.2) is 0 Å². The Morgan fingerprint density at radius 3 is 2.70 bits per heavy atom. The van der Waals surface area contributed by atoms with Crippen molar-refractivity contribution in [1.82, 2.24) is 10.5 Å². The van der Waals surface area contributed by atoms with Gasteiger partial charge in [-0.2, -0.15) is 0 Å². The van der Waals surface area contributed by atoms with E-state index in [1.165, 1.54) is 12.3 Å². The van der Waals surface area contributed by atoms with Crippen molar-refractivity contribution >= 4 is 5.91 Å². The van der Waals surface area contributed by atoms with Gasteiger partial charge >= 0.3 is 0 Å². The molecule has 0 radical (unpaired) electrons. The van der Waals surface area contributed by atoms with Gasteiger partial charge in [0.25, 0.3) is 5.91 Å². The van der Waals surface area contributed by atoms with Gasteiger partial charge in [-0.05, 0) is 18.9 Å². The van der Waals surface area contributed by atoms with E-state index in [9.17, 15) is 9.90 Å². The number of aromatic nitrogens is 1. The normalized spacial score (nSPS) is 13.7. The molecule has 1 heterocycles. The number of hydrogen-bond donors (Lipinski definition) is 2. The molecule has 1 aromatic heterocycles. The quantitative estimate of drug-likeness (QED) is 0.844. The third-order valence-electron chi connectivity index (χ3n) is 3.08.